The largest absolute Gasteiger partial charge is 0.347 e. The van der Waals surface area contributed by atoms with Crippen LogP contribution >= 0.6 is 11.6 Å². The Hall–Kier alpha value is -1.81. The zero-order valence-electron chi connectivity index (χ0n) is 10.6. The van der Waals surface area contributed by atoms with Crippen LogP contribution in [0.2, 0.25) is 5.02 Å². The highest BCUT2D eigenvalue weighted by Gasteiger charge is 2.24. The molecule has 5 heteroatoms. The summed E-state index contributed by atoms with van der Waals surface area (Å²) >= 11 is 5.98. The highest BCUT2D eigenvalue weighted by molar-refractivity contribution is 6.31. The van der Waals surface area contributed by atoms with Crippen molar-refractivity contribution in [1.29, 1.82) is 0 Å². The fourth-order valence-electron chi connectivity index (χ4n) is 2.38. The molecule has 1 N–H and O–H groups in total. The number of imidazole rings is 1. The number of nitrogens with zero attached hydrogens (tertiary/aromatic N) is 2. The normalized spacial score (nSPS) is 14.3. The van der Waals surface area contributed by atoms with Crippen LogP contribution in [0.4, 0.5) is 0 Å². The molecule has 1 aliphatic heterocycles. The fraction of sp³-hybridized carbons (Fsp3) is 0.286. The first-order valence-corrected chi connectivity index (χ1v) is 6.59. The van der Waals surface area contributed by atoms with Crippen LogP contribution in [-0.2, 0) is 13.0 Å². The Balaban J connectivity index is 1.87. The summed E-state index contributed by atoms with van der Waals surface area (Å²) in [6, 6.07) is 5.42. The van der Waals surface area contributed by atoms with Crippen molar-refractivity contribution in [2.24, 2.45) is 0 Å². The number of amides is 1. The highest BCUT2D eigenvalue weighted by atomic mass is 35.5. The molecule has 98 valence electrons. The number of hydrogen-bond donors (Lipinski definition) is 1. The molecule has 0 unspecified atom stereocenters. The maximum Gasteiger partial charge on any atom is 0.254 e. The monoisotopic (exact) mass is 275 g/mol. The number of carbonyl (C=O) groups is 1. The number of carbonyl (C=O) groups excluding carboxylic acids is 1. The molecule has 0 radical (unpaired) electrons. The van der Waals surface area contributed by atoms with Crippen molar-refractivity contribution in [3.63, 3.8) is 0 Å². The Morgan fingerprint density at radius 1 is 1.47 bits per heavy atom. The average molecular weight is 276 g/mol. The fourth-order valence-corrected chi connectivity index (χ4v) is 2.55. The minimum atomic E-state index is 0.0280. The Bertz CT molecular complexity index is 635. The number of hydrogen-bond acceptors (Lipinski definition) is 2. The van der Waals surface area contributed by atoms with Crippen LogP contribution in [-0.4, -0.2) is 27.3 Å². The summed E-state index contributed by atoms with van der Waals surface area (Å²) in [7, 11) is 0. The van der Waals surface area contributed by atoms with Crippen LogP contribution in [0, 0.1) is 6.92 Å². The molecule has 1 amide bonds. The lowest BCUT2D eigenvalue weighted by atomic mass is 10.1. The Morgan fingerprint density at radius 2 is 2.32 bits per heavy atom. The van der Waals surface area contributed by atoms with Gasteiger partial charge in [0.25, 0.3) is 5.91 Å². The van der Waals surface area contributed by atoms with E-state index in [2.05, 4.69) is 9.97 Å². The predicted molar refractivity (Wildman–Crippen MR) is 73.2 cm³/mol. The van der Waals surface area contributed by atoms with E-state index in [4.69, 9.17) is 11.6 Å². The molecule has 0 fully saturated rings. The zero-order chi connectivity index (χ0) is 13.4. The molecule has 19 heavy (non-hydrogen) atoms. The lowest BCUT2D eigenvalue weighted by molar-refractivity contribution is 0.0731. The van der Waals surface area contributed by atoms with Crippen molar-refractivity contribution in [2.45, 2.75) is 19.9 Å². The van der Waals surface area contributed by atoms with Gasteiger partial charge in [-0.1, -0.05) is 17.7 Å². The molecule has 0 aliphatic carbocycles. The maximum absolute atomic E-state index is 12.5. The predicted octanol–water partition coefficient (Wildman–Crippen LogP) is 2.57. The average Bonchev–Trinajstić information content (AvgIpc) is 2.88. The molecule has 0 saturated heterocycles. The number of H-pyrrole nitrogens is 1. The molecule has 0 atom stereocenters. The van der Waals surface area contributed by atoms with E-state index in [1.54, 1.807) is 18.5 Å². The first-order valence-electron chi connectivity index (χ1n) is 6.21. The van der Waals surface area contributed by atoms with Gasteiger partial charge in [0.1, 0.15) is 0 Å². The summed E-state index contributed by atoms with van der Waals surface area (Å²) in [4.78, 5) is 21.7. The molecule has 1 aliphatic rings. The molecule has 0 spiro atoms. The quantitative estimate of drug-likeness (QED) is 0.870. The number of halogens is 1. The lowest BCUT2D eigenvalue weighted by Crippen LogP contribution is -2.36. The van der Waals surface area contributed by atoms with Crippen LogP contribution < -0.4 is 0 Å². The van der Waals surface area contributed by atoms with Gasteiger partial charge < -0.3 is 9.88 Å². The van der Waals surface area contributed by atoms with Gasteiger partial charge in [-0.2, -0.15) is 0 Å². The Labute approximate surface area is 116 Å². The van der Waals surface area contributed by atoms with Gasteiger partial charge in [-0.25, -0.2) is 4.98 Å². The number of benzene rings is 1. The van der Waals surface area contributed by atoms with Crippen molar-refractivity contribution >= 4 is 17.5 Å². The van der Waals surface area contributed by atoms with Gasteiger partial charge in [-0.15, -0.1) is 0 Å². The van der Waals surface area contributed by atoms with Gasteiger partial charge >= 0.3 is 0 Å². The molecule has 0 bridgehead atoms. The number of aryl methyl sites for hydroxylation is 1. The number of aromatic amines is 1. The van der Waals surface area contributed by atoms with Crippen molar-refractivity contribution in [1.82, 2.24) is 14.9 Å². The molecular weight excluding hydrogens is 262 g/mol. The topological polar surface area (TPSA) is 49.0 Å². The highest BCUT2D eigenvalue weighted by Crippen LogP contribution is 2.21. The molecule has 2 heterocycles. The first-order chi connectivity index (χ1) is 9.15. The van der Waals surface area contributed by atoms with E-state index in [1.165, 1.54) is 0 Å². The molecule has 1 aromatic carbocycles. The lowest BCUT2D eigenvalue weighted by Gasteiger charge is -2.27. The van der Waals surface area contributed by atoms with Gasteiger partial charge in [0.2, 0.25) is 0 Å². The third-order valence-corrected chi connectivity index (χ3v) is 3.73. The number of aromatic nitrogens is 2. The minimum absolute atomic E-state index is 0.0280. The smallest absolute Gasteiger partial charge is 0.254 e. The summed E-state index contributed by atoms with van der Waals surface area (Å²) < 4.78 is 0. The SMILES string of the molecule is Cc1ccc(Cl)cc1C(=O)N1CCc2nc[nH]c2C1. The zero-order valence-corrected chi connectivity index (χ0v) is 11.4. The van der Waals surface area contributed by atoms with E-state index in [-0.39, 0.29) is 5.91 Å². The summed E-state index contributed by atoms with van der Waals surface area (Å²) in [5.41, 5.74) is 3.71. The van der Waals surface area contributed by atoms with Gasteiger partial charge in [-0.3, -0.25) is 4.79 Å². The summed E-state index contributed by atoms with van der Waals surface area (Å²) in [5, 5.41) is 0.591. The van der Waals surface area contributed by atoms with Gasteiger partial charge in [0, 0.05) is 23.6 Å². The second-order valence-corrected chi connectivity index (χ2v) is 5.20. The van der Waals surface area contributed by atoms with Gasteiger partial charge in [-0.05, 0) is 24.6 Å². The summed E-state index contributed by atoms with van der Waals surface area (Å²) in [6.45, 7) is 3.21. The van der Waals surface area contributed by atoms with Crippen LogP contribution in [0.25, 0.3) is 0 Å². The minimum Gasteiger partial charge on any atom is -0.347 e. The van der Waals surface area contributed by atoms with Crippen molar-refractivity contribution in [3.8, 4) is 0 Å². The van der Waals surface area contributed by atoms with Crippen LogP contribution in [0.15, 0.2) is 24.5 Å². The molecule has 1 aromatic heterocycles. The third kappa shape index (κ3) is 2.24. The first kappa shape index (κ1) is 12.2. The van der Waals surface area contributed by atoms with Gasteiger partial charge in [0.05, 0.1) is 24.3 Å². The number of nitrogens with one attached hydrogen (secondary N) is 1. The van der Waals surface area contributed by atoms with Crippen LogP contribution in [0.1, 0.15) is 27.3 Å². The van der Waals surface area contributed by atoms with E-state index in [9.17, 15) is 4.79 Å². The van der Waals surface area contributed by atoms with Crippen LogP contribution in [0.5, 0.6) is 0 Å². The molecule has 0 saturated carbocycles. The Morgan fingerprint density at radius 3 is 3.16 bits per heavy atom. The molecule has 4 nitrogen and oxygen atoms in total. The number of rotatable bonds is 1. The Kier molecular flexibility index (Phi) is 3.03. The molecule has 2 aromatic rings. The van der Waals surface area contributed by atoms with Gasteiger partial charge in [0.15, 0.2) is 0 Å². The van der Waals surface area contributed by atoms with E-state index in [0.717, 1.165) is 23.4 Å². The van der Waals surface area contributed by atoms with E-state index in [1.807, 2.05) is 17.9 Å². The second kappa shape index (κ2) is 4.70. The van der Waals surface area contributed by atoms with E-state index >= 15 is 0 Å². The van der Waals surface area contributed by atoms with E-state index < -0.39 is 0 Å². The van der Waals surface area contributed by atoms with Crippen molar-refractivity contribution in [2.75, 3.05) is 6.54 Å². The van der Waals surface area contributed by atoms with Crippen LogP contribution in [0.3, 0.4) is 0 Å². The summed E-state index contributed by atoms with van der Waals surface area (Å²) in [6.07, 6.45) is 2.48. The summed E-state index contributed by atoms with van der Waals surface area (Å²) in [5.74, 6) is 0.0280. The number of fused-ring (bicyclic) bond motifs is 1. The van der Waals surface area contributed by atoms with E-state index in [0.29, 0.717) is 23.7 Å². The van der Waals surface area contributed by atoms with Crippen molar-refractivity contribution in [3.05, 3.63) is 52.1 Å². The van der Waals surface area contributed by atoms with Crippen molar-refractivity contribution < 1.29 is 4.79 Å². The molecular formula is C14H14ClN3O. The standard InChI is InChI=1S/C14H14ClN3O/c1-9-2-3-10(15)6-11(9)14(19)18-5-4-12-13(7-18)17-8-16-12/h2-3,6,8H,4-5,7H2,1H3,(H,16,17). The third-order valence-electron chi connectivity index (χ3n) is 3.49. The second-order valence-electron chi connectivity index (χ2n) is 4.76. The maximum atomic E-state index is 12.5. The molecule has 3 rings (SSSR count).